The van der Waals surface area contributed by atoms with Crippen LogP contribution in [-0.2, 0) is 15.0 Å². The van der Waals surface area contributed by atoms with Crippen LogP contribution in [0.15, 0.2) is 0 Å². The first-order valence-electron chi connectivity index (χ1n) is 4.12. The SMILES string of the molecule is CCC1CCN([S-](=N)=O)CC1. The zero-order chi connectivity index (χ0) is 8.27. The largest absolute Gasteiger partial charge is 0.430 e. The number of nitrogens with zero attached hydrogens (tertiary/aromatic N) is 1. The second-order valence-electron chi connectivity index (χ2n) is 3.03. The maximum Gasteiger partial charge on any atom is -0.0177 e. The number of hydrogen-bond acceptors (Lipinski definition) is 3. The van der Waals surface area contributed by atoms with Gasteiger partial charge < -0.3 is 13.3 Å². The molecule has 0 aromatic rings. The van der Waals surface area contributed by atoms with Crippen LogP contribution in [0.1, 0.15) is 26.2 Å². The first-order chi connectivity index (χ1) is 5.24. The lowest BCUT2D eigenvalue weighted by Gasteiger charge is -2.33. The van der Waals surface area contributed by atoms with Crippen molar-refractivity contribution in [1.82, 2.24) is 4.31 Å². The van der Waals surface area contributed by atoms with Crippen molar-refractivity contribution in [3.63, 3.8) is 0 Å². The van der Waals surface area contributed by atoms with Crippen molar-refractivity contribution < 1.29 is 4.21 Å². The van der Waals surface area contributed by atoms with Crippen LogP contribution in [0.4, 0.5) is 0 Å². The van der Waals surface area contributed by atoms with Gasteiger partial charge in [0.2, 0.25) is 0 Å². The molecule has 0 aliphatic carbocycles. The van der Waals surface area contributed by atoms with E-state index >= 15 is 0 Å². The number of piperidine rings is 1. The van der Waals surface area contributed by atoms with Gasteiger partial charge in [-0.15, -0.1) is 10.8 Å². The highest BCUT2D eigenvalue weighted by Gasteiger charge is 2.13. The Hall–Kier alpha value is -0.0900. The molecule has 0 amide bonds. The maximum atomic E-state index is 10.7. The number of hydrogen-bond donors (Lipinski definition) is 1. The lowest BCUT2D eigenvalue weighted by atomic mass is 9.96. The molecule has 0 spiro atoms. The topological polar surface area (TPSA) is 44.2 Å². The molecule has 11 heavy (non-hydrogen) atoms. The molecule has 4 heteroatoms. The maximum absolute atomic E-state index is 10.7. The predicted octanol–water partition coefficient (Wildman–Crippen LogP) is 1.75. The smallest absolute Gasteiger partial charge is 0.0177 e. The summed E-state index contributed by atoms with van der Waals surface area (Å²) in [5.74, 6) is 0.801. The summed E-state index contributed by atoms with van der Waals surface area (Å²) in [5.41, 5.74) is 0. The van der Waals surface area contributed by atoms with Crippen LogP contribution < -0.4 is 0 Å². The van der Waals surface area contributed by atoms with E-state index in [0.29, 0.717) is 0 Å². The number of nitrogens with one attached hydrogen (secondary N) is 1. The Bertz CT molecular complexity index is 175. The van der Waals surface area contributed by atoms with Gasteiger partial charge in [0.05, 0.1) is 0 Å². The van der Waals surface area contributed by atoms with Crippen LogP contribution in [0.3, 0.4) is 0 Å². The summed E-state index contributed by atoms with van der Waals surface area (Å²) in [4.78, 5) is 0. The average molecular weight is 175 g/mol. The molecule has 0 saturated carbocycles. The first-order valence-corrected chi connectivity index (χ1v) is 5.22. The molecular weight excluding hydrogens is 160 g/mol. The van der Waals surface area contributed by atoms with E-state index in [9.17, 15) is 4.21 Å². The number of rotatable bonds is 2. The highest BCUT2D eigenvalue weighted by Crippen LogP contribution is 2.19. The molecule has 0 radical (unpaired) electrons. The van der Waals surface area contributed by atoms with E-state index in [1.807, 2.05) is 0 Å². The fourth-order valence-corrected chi connectivity index (χ4v) is 2.03. The summed E-state index contributed by atoms with van der Waals surface area (Å²) in [6.45, 7) is 3.88. The van der Waals surface area contributed by atoms with Crippen molar-refractivity contribution in [2.45, 2.75) is 26.2 Å². The minimum Gasteiger partial charge on any atom is -0.430 e. The van der Waals surface area contributed by atoms with E-state index < -0.39 is 10.8 Å². The average Bonchev–Trinajstić information content (AvgIpc) is 2.05. The Balaban J connectivity index is 2.36. The highest BCUT2D eigenvalue weighted by molar-refractivity contribution is 7.70. The molecule has 1 aliphatic heterocycles. The van der Waals surface area contributed by atoms with Gasteiger partial charge >= 0.3 is 0 Å². The van der Waals surface area contributed by atoms with E-state index in [1.54, 1.807) is 4.31 Å². The molecule has 0 aromatic heterocycles. The molecule has 66 valence electrons. The quantitative estimate of drug-likeness (QED) is 0.638. The van der Waals surface area contributed by atoms with Crippen LogP contribution in [0.25, 0.3) is 0 Å². The fraction of sp³-hybridized carbons (Fsp3) is 1.00. The summed E-state index contributed by atoms with van der Waals surface area (Å²) in [5, 5.41) is 0. The van der Waals surface area contributed by atoms with E-state index in [-0.39, 0.29) is 0 Å². The zero-order valence-electron chi connectivity index (χ0n) is 6.88. The third-order valence-electron chi connectivity index (χ3n) is 2.39. The van der Waals surface area contributed by atoms with Crippen LogP contribution in [-0.4, -0.2) is 17.4 Å². The molecule has 3 nitrogen and oxygen atoms in total. The van der Waals surface area contributed by atoms with Crippen LogP contribution in [0.2, 0.25) is 0 Å². The van der Waals surface area contributed by atoms with Crippen molar-refractivity contribution in [3.05, 3.63) is 0 Å². The normalized spacial score (nSPS) is 22.7. The van der Waals surface area contributed by atoms with Crippen molar-refractivity contribution >= 4 is 10.8 Å². The van der Waals surface area contributed by atoms with E-state index in [2.05, 4.69) is 6.92 Å². The monoisotopic (exact) mass is 175 g/mol. The molecule has 0 aromatic carbocycles. The molecule has 1 fully saturated rings. The summed E-state index contributed by atoms with van der Waals surface area (Å²) in [7, 11) is -1.49. The predicted molar refractivity (Wildman–Crippen MR) is 45.4 cm³/mol. The molecule has 0 unspecified atom stereocenters. The van der Waals surface area contributed by atoms with E-state index in [0.717, 1.165) is 31.8 Å². The van der Waals surface area contributed by atoms with Gasteiger partial charge in [-0.1, -0.05) is 13.3 Å². The summed E-state index contributed by atoms with van der Waals surface area (Å²) in [6.07, 6.45) is 3.45. The van der Waals surface area contributed by atoms with Crippen LogP contribution >= 0.6 is 0 Å². The lowest BCUT2D eigenvalue weighted by Crippen LogP contribution is -2.31. The van der Waals surface area contributed by atoms with E-state index in [4.69, 9.17) is 4.78 Å². The van der Waals surface area contributed by atoms with Crippen molar-refractivity contribution in [2.75, 3.05) is 13.1 Å². The first kappa shape index (κ1) is 9.00. The van der Waals surface area contributed by atoms with Crippen LogP contribution in [0, 0.1) is 10.7 Å². The van der Waals surface area contributed by atoms with Gasteiger partial charge in [0.1, 0.15) is 0 Å². The summed E-state index contributed by atoms with van der Waals surface area (Å²) >= 11 is 0. The molecule has 1 N–H and O–H groups in total. The molecule has 0 atom stereocenters. The third-order valence-corrected chi connectivity index (χ3v) is 3.22. The van der Waals surface area contributed by atoms with Gasteiger partial charge in [-0.2, -0.15) is 0 Å². The minimum atomic E-state index is -1.49. The molecular formula is C7H15N2OS-. The van der Waals surface area contributed by atoms with Gasteiger partial charge in [0, 0.05) is 0 Å². The second kappa shape index (κ2) is 4.07. The molecule has 0 bridgehead atoms. The van der Waals surface area contributed by atoms with Gasteiger partial charge in [0.15, 0.2) is 0 Å². The lowest BCUT2D eigenvalue weighted by molar-refractivity contribution is 0.278. The highest BCUT2D eigenvalue weighted by atomic mass is 32.2. The second-order valence-corrected chi connectivity index (χ2v) is 4.04. The Morgan fingerprint density at radius 3 is 2.45 bits per heavy atom. The Labute approximate surface area is 69.9 Å². The third kappa shape index (κ3) is 2.45. The molecule has 1 heterocycles. The molecule has 1 aliphatic rings. The van der Waals surface area contributed by atoms with Gasteiger partial charge in [0.25, 0.3) is 0 Å². The summed E-state index contributed by atoms with van der Waals surface area (Å²) in [6, 6.07) is 0. The van der Waals surface area contributed by atoms with Crippen molar-refractivity contribution in [1.29, 1.82) is 4.78 Å². The summed E-state index contributed by atoms with van der Waals surface area (Å²) < 4.78 is 19.4. The Kier molecular flexibility index (Phi) is 3.33. The zero-order valence-corrected chi connectivity index (χ0v) is 7.69. The van der Waals surface area contributed by atoms with Gasteiger partial charge in [-0.25, -0.2) is 0 Å². The van der Waals surface area contributed by atoms with Crippen LogP contribution in [0.5, 0.6) is 0 Å². The Morgan fingerprint density at radius 1 is 1.55 bits per heavy atom. The molecule has 1 rings (SSSR count). The molecule has 1 saturated heterocycles. The fourth-order valence-electron chi connectivity index (χ4n) is 1.48. The van der Waals surface area contributed by atoms with Gasteiger partial charge in [-0.05, 0) is 31.8 Å². The minimum absolute atomic E-state index is 0.801. The van der Waals surface area contributed by atoms with Crippen molar-refractivity contribution in [2.24, 2.45) is 5.92 Å². The van der Waals surface area contributed by atoms with E-state index in [1.165, 1.54) is 6.42 Å². The Morgan fingerprint density at radius 2 is 2.09 bits per heavy atom. The standard InChI is InChI=1S/C7H15N2OS/c1-2-7-3-5-9(6-4-7)11(8)10/h7-8H,2-6H2,1H3/q-1. The van der Waals surface area contributed by atoms with Crippen molar-refractivity contribution in [3.8, 4) is 0 Å². The van der Waals surface area contributed by atoms with Gasteiger partial charge in [-0.3, -0.25) is 0 Å².